The van der Waals surface area contributed by atoms with Gasteiger partial charge in [0.1, 0.15) is 0 Å². The molecule has 1 unspecified atom stereocenters. The molecule has 0 aromatic carbocycles. The second-order valence-electron chi connectivity index (χ2n) is 9.89. The first kappa shape index (κ1) is 26.4. The van der Waals surface area contributed by atoms with Gasteiger partial charge in [0.05, 0.1) is 32.5 Å². The zero-order chi connectivity index (χ0) is 24.8. The normalized spacial score (nSPS) is 25.5. The van der Waals surface area contributed by atoms with Crippen LogP contribution in [0.2, 0.25) is 0 Å². The Hall–Kier alpha value is -1.64. The molecule has 0 spiro atoms. The molecular weight excluding hydrogens is 472 g/mol. The quantitative estimate of drug-likeness (QED) is 0.427. The van der Waals surface area contributed by atoms with E-state index in [9.17, 15) is 8.42 Å². The molecule has 198 valence electrons. The second kappa shape index (κ2) is 12.1. The van der Waals surface area contributed by atoms with Crippen molar-refractivity contribution in [2.24, 2.45) is 17.6 Å². The van der Waals surface area contributed by atoms with Crippen LogP contribution in [0.15, 0.2) is 0 Å². The van der Waals surface area contributed by atoms with Crippen molar-refractivity contribution in [3.05, 3.63) is 5.82 Å². The number of aromatic nitrogens is 3. The Labute approximate surface area is 208 Å². The fourth-order valence-electron chi connectivity index (χ4n) is 4.82. The topological polar surface area (TPSA) is 148 Å². The van der Waals surface area contributed by atoms with Crippen LogP contribution >= 0.6 is 0 Å². The van der Waals surface area contributed by atoms with E-state index in [0.29, 0.717) is 69.7 Å². The molecule has 12 nitrogen and oxygen atoms in total. The molecule has 1 atom stereocenters. The van der Waals surface area contributed by atoms with Crippen molar-refractivity contribution in [2.75, 3.05) is 69.4 Å². The highest BCUT2D eigenvalue weighted by atomic mass is 32.2. The van der Waals surface area contributed by atoms with Gasteiger partial charge >= 0.3 is 0 Å². The van der Waals surface area contributed by atoms with Gasteiger partial charge in [0.2, 0.25) is 11.9 Å². The standard InChI is InChI=1S/C22H40N8O4S/c1-16(2)25-21-26-20(27-22(28-21)29-7-11-33-12-8-29)19(23)18-5-3-17(4-6-18)15-24-35(31,32)30-9-13-34-14-10-30/h16-19,24H,3-15,23H2,1-2H3,(H,25,26,27,28). The third kappa shape index (κ3) is 7.20. The molecule has 0 bridgehead atoms. The fraction of sp³-hybridized carbons (Fsp3) is 0.864. The van der Waals surface area contributed by atoms with Crippen LogP contribution in [0.4, 0.5) is 11.9 Å². The Bertz CT molecular complexity index is 914. The minimum Gasteiger partial charge on any atom is -0.379 e. The Morgan fingerprint density at radius 2 is 1.60 bits per heavy atom. The van der Waals surface area contributed by atoms with Crippen molar-refractivity contribution < 1.29 is 17.9 Å². The molecule has 1 aromatic rings. The van der Waals surface area contributed by atoms with E-state index in [1.54, 1.807) is 0 Å². The Morgan fingerprint density at radius 1 is 0.971 bits per heavy atom. The molecule has 0 amide bonds. The second-order valence-corrected chi connectivity index (χ2v) is 11.6. The maximum atomic E-state index is 12.6. The summed E-state index contributed by atoms with van der Waals surface area (Å²) in [5.74, 6) is 2.35. The lowest BCUT2D eigenvalue weighted by Gasteiger charge is -2.33. The van der Waals surface area contributed by atoms with Crippen molar-refractivity contribution in [2.45, 2.75) is 51.6 Å². The Balaban J connectivity index is 1.35. The van der Waals surface area contributed by atoms with Gasteiger partial charge in [-0.1, -0.05) is 0 Å². The highest BCUT2D eigenvalue weighted by Gasteiger charge is 2.31. The first-order valence-corrected chi connectivity index (χ1v) is 14.2. The van der Waals surface area contributed by atoms with Crippen molar-refractivity contribution in [3.63, 3.8) is 0 Å². The van der Waals surface area contributed by atoms with Crippen LogP contribution in [0.1, 0.15) is 51.4 Å². The summed E-state index contributed by atoms with van der Waals surface area (Å²) in [6, 6.07) is -0.104. The van der Waals surface area contributed by atoms with Crippen molar-refractivity contribution in [3.8, 4) is 0 Å². The van der Waals surface area contributed by atoms with Crippen LogP contribution < -0.4 is 20.7 Å². The molecule has 3 heterocycles. The average molecular weight is 513 g/mol. The molecule has 3 fully saturated rings. The smallest absolute Gasteiger partial charge is 0.279 e. The van der Waals surface area contributed by atoms with Crippen molar-refractivity contribution in [1.29, 1.82) is 0 Å². The summed E-state index contributed by atoms with van der Waals surface area (Å²) < 4.78 is 40.1. The molecular formula is C22H40N8O4S. The molecule has 1 aromatic heterocycles. The SMILES string of the molecule is CC(C)Nc1nc(C(N)C2CCC(CNS(=O)(=O)N3CCOCC3)CC2)nc(N2CCOCC2)n1. The van der Waals surface area contributed by atoms with Crippen LogP contribution in [0, 0.1) is 11.8 Å². The van der Waals surface area contributed by atoms with Gasteiger partial charge in [-0.05, 0) is 51.4 Å². The molecule has 0 radical (unpaired) electrons. The molecule has 2 saturated heterocycles. The van der Waals surface area contributed by atoms with Crippen LogP contribution in [0.3, 0.4) is 0 Å². The van der Waals surface area contributed by atoms with Gasteiger partial charge in [-0.3, -0.25) is 0 Å². The molecule has 4 N–H and O–H groups in total. The van der Waals surface area contributed by atoms with Gasteiger partial charge in [0, 0.05) is 38.8 Å². The van der Waals surface area contributed by atoms with Crippen LogP contribution in [0.5, 0.6) is 0 Å². The van der Waals surface area contributed by atoms with Gasteiger partial charge in [-0.25, -0.2) is 4.72 Å². The Morgan fingerprint density at radius 3 is 2.23 bits per heavy atom. The summed E-state index contributed by atoms with van der Waals surface area (Å²) in [6.07, 6.45) is 3.66. The van der Waals surface area contributed by atoms with Gasteiger partial charge < -0.3 is 25.4 Å². The van der Waals surface area contributed by atoms with Gasteiger partial charge in [0.15, 0.2) is 5.82 Å². The van der Waals surface area contributed by atoms with E-state index in [0.717, 1.165) is 38.8 Å². The van der Waals surface area contributed by atoms with Gasteiger partial charge in [-0.15, -0.1) is 0 Å². The highest BCUT2D eigenvalue weighted by molar-refractivity contribution is 7.87. The van der Waals surface area contributed by atoms with E-state index in [1.165, 1.54) is 4.31 Å². The largest absolute Gasteiger partial charge is 0.379 e. The summed E-state index contributed by atoms with van der Waals surface area (Å²) in [5, 5.41) is 3.29. The number of rotatable bonds is 9. The number of nitrogens with zero attached hydrogens (tertiary/aromatic N) is 5. The number of morpholine rings is 2. The molecule has 13 heteroatoms. The number of ether oxygens (including phenoxy) is 2. The average Bonchev–Trinajstić information content (AvgIpc) is 2.88. The zero-order valence-corrected chi connectivity index (χ0v) is 21.7. The lowest BCUT2D eigenvalue weighted by Crippen LogP contribution is -2.47. The summed E-state index contributed by atoms with van der Waals surface area (Å²) >= 11 is 0. The van der Waals surface area contributed by atoms with E-state index in [2.05, 4.69) is 24.9 Å². The first-order chi connectivity index (χ1) is 16.8. The lowest BCUT2D eigenvalue weighted by atomic mass is 9.78. The molecule has 4 rings (SSSR count). The zero-order valence-electron chi connectivity index (χ0n) is 20.9. The number of anilines is 2. The summed E-state index contributed by atoms with van der Waals surface area (Å²) in [4.78, 5) is 16.2. The van der Waals surface area contributed by atoms with Crippen LogP contribution in [-0.4, -0.2) is 92.9 Å². The van der Waals surface area contributed by atoms with E-state index >= 15 is 0 Å². The van der Waals surface area contributed by atoms with Gasteiger partial charge in [0.25, 0.3) is 10.2 Å². The molecule has 1 saturated carbocycles. The van der Waals surface area contributed by atoms with Crippen LogP contribution in [0.25, 0.3) is 0 Å². The van der Waals surface area contributed by atoms with Gasteiger partial charge in [-0.2, -0.15) is 27.7 Å². The predicted octanol–water partition coefficient (Wildman–Crippen LogP) is 0.501. The summed E-state index contributed by atoms with van der Waals surface area (Å²) in [7, 11) is -3.45. The minimum absolute atomic E-state index is 0.190. The van der Waals surface area contributed by atoms with Crippen molar-refractivity contribution in [1.82, 2.24) is 24.0 Å². The van der Waals surface area contributed by atoms with E-state index in [-0.39, 0.29) is 18.0 Å². The number of hydrogen-bond acceptors (Lipinski definition) is 10. The highest BCUT2D eigenvalue weighted by Crippen LogP contribution is 2.35. The lowest BCUT2D eigenvalue weighted by molar-refractivity contribution is 0.0723. The Kier molecular flexibility index (Phi) is 9.11. The first-order valence-electron chi connectivity index (χ1n) is 12.7. The molecule has 35 heavy (non-hydrogen) atoms. The monoisotopic (exact) mass is 512 g/mol. The summed E-state index contributed by atoms with van der Waals surface area (Å²) in [6.45, 7) is 9.04. The maximum absolute atomic E-state index is 12.6. The van der Waals surface area contributed by atoms with E-state index < -0.39 is 10.2 Å². The molecule has 3 aliphatic rings. The number of hydrogen-bond donors (Lipinski definition) is 3. The molecule has 1 aliphatic carbocycles. The summed E-state index contributed by atoms with van der Waals surface area (Å²) in [5.41, 5.74) is 6.70. The van der Waals surface area contributed by atoms with E-state index in [4.69, 9.17) is 20.2 Å². The number of nitrogens with one attached hydrogen (secondary N) is 2. The minimum atomic E-state index is -3.45. The third-order valence-electron chi connectivity index (χ3n) is 6.91. The maximum Gasteiger partial charge on any atom is 0.279 e. The van der Waals surface area contributed by atoms with Crippen molar-refractivity contribution >= 4 is 22.1 Å². The van der Waals surface area contributed by atoms with E-state index in [1.807, 2.05) is 13.8 Å². The fourth-order valence-corrected chi connectivity index (χ4v) is 6.08. The van der Waals surface area contributed by atoms with Crippen LogP contribution in [-0.2, 0) is 19.7 Å². The predicted molar refractivity (Wildman–Crippen MR) is 133 cm³/mol. The number of nitrogens with two attached hydrogens (primary N) is 1. The molecule has 2 aliphatic heterocycles. The third-order valence-corrected chi connectivity index (χ3v) is 8.49.